The number of rotatable bonds is 5. The van der Waals surface area contributed by atoms with Gasteiger partial charge in [0.15, 0.2) is 0 Å². The van der Waals surface area contributed by atoms with Crippen LogP contribution in [0.1, 0.15) is 45.4 Å². The van der Waals surface area contributed by atoms with E-state index in [-0.39, 0.29) is 11.3 Å². The number of hydrogen-bond donors (Lipinski definition) is 2. The molecule has 0 aromatic heterocycles. The molecule has 1 amide bonds. The Kier molecular flexibility index (Phi) is 4.05. The Labute approximate surface area is 103 Å². The predicted molar refractivity (Wildman–Crippen MR) is 66.5 cm³/mol. The van der Waals surface area contributed by atoms with Crippen LogP contribution in [0.15, 0.2) is 0 Å². The molecule has 17 heavy (non-hydrogen) atoms. The lowest BCUT2D eigenvalue weighted by Gasteiger charge is -2.54. The normalized spacial score (nSPS) is 30.2. The Morgan fingerprint density at radius 1 is 1.47 bits per heavy atom. The van der Waals surface area contributed by atoms with Crippen LogP contribution >= 0.6 is 0 Å². The zero-order valence-electron chi connectivity index (χ0n) is 10.7. The van der Waals surface area contributed by atoms with Crippen LogP contribution in [0, 0.1) is 5.41 Å². The second-order valence-corrected chi connectivity index (χ2v) is 5.28. The summed E-state index contributed by atoms with van der Waals surface area (Å²) in [6.07, 6.45) is 6.71. The Hall–Kier alpha value is -0.610. The van der Waals surface area contributed by atoms with E-state index >= 15 is 0 Å². The van der Waals surface area contributed by atoms with Crippen molar-refractivity contribution in [3.05, 3.63) is 0 Å². The fourth-order valence-corrected chi connectivity index (χ4v) is 3.49. The van der Waals surface area contributed by atoms with E-state index in [1.807, 2.05) is 6.92 Å². The van der Waals surface area contributed by atoms with Crippen LogP contribution in [0.5, 0.6) is 0 Å². The van der Waals surface area contributed by atoms with Crippen molar-refractivity contribution in [1.29, 1.82) is 0 Å². The number of nitrogens with two attached hydrogens (primary N) is 1. The molecule has 0 heterocycles. The Morgan fingerprint density at radius 3 is 2.76 bits per heavy atom. The summed E-state index contributed by atoms with van der Waals surface area (Å²) < 4.78 is 5.81. The van der Waals surface area contributed by atoms with Crippen molar-refractivity contribution in [1.82, 2.24) is 5.32 Å². The maximum Gasteiger partial charge on any atom is 0.221 e. The second-order valence-electron chi connectivity index (χ2n) is 5.28. The van der Waals surface area contributed by atoms with Crippen molar-refractivity contribution >= 4 is 5.91 Å². The van der Waals surface area contributed by atoms with Crippen molar-refractivity contribution in [2.45, 2.75) is 57.6 Å². The van der Waals surface area contributed by atoms with Crippen molar-refractivity contribution in [3.8, 4) is 0 Å². The lowest BCUT2D eigenvalue weighted by atomic mass is 9.60. The Morgan fingerprint density at radius 2 is 2.18 bits per heavy atom. The van der Waals surface area contributed by atoms with E-state index in [2.05, 4.69) is 5.32 Å². The van der Waals surface area contributed by atoms with E-state index in [0.29, 0.717) is 25.1 Å². The molecule has 2 rings (SSSR count). The van der Waals surface area contributed by atoms with Gasteiger partial charge in [0.25, 0.3) is 0 Å². The van der Waals surface area contributed by atoms with Gasteiger partial charge in [0.1, 0.15) is 0 Å². The number of amides is 1. The average Bonchev–Trinajstić information content (AvgIpc) is 2.80. The summed E-state index contributed by atoms with van der Waals surface area (Å²) in [5.41, 5.74) is 5.64. The fraction of sp³-hybridized carbons (Fsp3) is 0.923. The molecule has 4 nitrogen and oxygen atoms in total. The fourth-order valence-electron chi connectivity index (χ4n) is 3.49. The van der Waals surface area contributed by atoms with Crippen molar-refractivity contribution in [2.75, 3.05) is 13.2 Å². The summed E-state index contributed by atoms with van der Waals surface area (Å²) in [5, 5.41) is 3.14. The Balaban J connectivity index is 1.93. The summed E-state index contributed by atoms with van der Waals surface area (Å²) in [6.45, 7) is 3.25. The standard InChI is InChI=1S/C13H24N2O2/c1-2-17-11-9-10(15-12(16)5-8-14)13(11)6-3-4-7-13/h10-11H,2-9,14H2,1H3,(H,15,16). The summed E-state index contributed by atoms with van der Waals surface area (Å²) in [7, 11) is 0. The third-order valence-corrected chi connectivity index (χ3v) is 4.39. The maximum atomic E-state index is 11.6. The number of carbonyl (C=O) groups is 1. The van der Waals surface area contributed by atoms with Gasteiger partial charge in [-0.1, -0.05) is 12.8 Å². The SMILES string of the molecule is CCOC1CC(NC(=O)CCN)C12CCCC2. The third kappa shape index (κ3) is 2.33. The minimum Gasteiger partial charge on any atom is -0.378 e. The van der Waals surface area contributed by atoms with E-state index in [4.69, 9.17) is 10.5 Å². The molecule has 4 heteroatoms. The van der Waals surface area contributed by atoms with Crippen LogP contribution in [-0.2, 0) is 9.53 Å². The zero-order chi connectivity index (χ0) is 12.3. The van der Waals surface area contributed by atoms with Gasteiger partial charge in [-0.2, -0.15) is 0 Å². The minimum absolute atomic E-state index is 0.0960. The van der Waals surface area contributed by atoms with Crippen molar-refractivity contribution in [2.24, 2.45) is 11.1 Å². The van der Waals surface area contributed by atoms with Crippen LogP contribution in [0.25, 0.3) is 0 Å². The summed E-state index contributed by atoms with van der Waals surface area (Å²) in [4.78, 5) is 11.6. The van der Waals surface area contributed by atoms with Crippen LogP contribution in [0.2, 0.25) is 0 Å². The lowest BCUT2D eigenvalue weighted by Crippen LogP contribution is -2.63. The van der Waals surface area contributed by atoms with E-state index in [9.17, 15) is 4.79 Å². The highest BCUT2D eigenvalue weighted by molar-refractivity contribution is 5.76. The predicted octanol–water partition coefficient (Wildman–Crippen LogP) is 1.19. The molecule has 2 fully saturated rings. The molecule has 2 aliphatic rings. The van der Waals surface area contributed by atoms with E-state index in [0.717, 1.165) is 13.0 Å². The van der Waals surface area contributed by atoms with Gasteiger partial charge in [-0.05, 0) is 26.2 Å². The number of hydrogen-bond acceptors (Lipinski definition) is 3. The summed E-state index contributed by atoms with van der Waals surface area (Å²) in [5.74, 6) is 0.0960. The highest BCUT2D eigenvalue weighted by Crippen LogP contribution is 2.54. The van der Waals surface area contributed by atoms with Crippen LogP contribution in [-0.4, -0.2) is 31.2 Å². The van der Waals surface area contributed by atoms with Gasteiger partial charge in [0, 0.05) is 31.0 Å². The van der Waals surface area contributed by atoms with E-state index in [1.54, 1.807) is 0 Å². The Bertz CT molecular complexity index is 275. The van der Waals surface area contributed by atoms with Crippen LogP contribution in [0.4, 0.5) is 0 Å². The van der Waals surface area contributed by atoms with Gasteiger partial charge in [0.05, 0.1) is 6.10 Å². The molecule has 0 aromatic carbocycles. The quantitative estimate of drug-likeness (QED) is 0.758. The highest BCUT2D eigenvalue weighted by Gasteiger charge is 2.56. The molecule has 2 unspecified atom stereocenters. The number of nitrogens with one attached hydrogen (secondary N) is 1. The molecule has 0 aromatic rings. The molecule has 98 valence electrons. The maximum absolute atomic E-state index is 11.6. The molecule has 1 spiro atoms. The second kappa shape index (κ2) is 5.36. The minimum atomic E-state index is 0.0960. The smallest absolute Gasteiger partial charge is 0.221 e. The van der Waals surface area contributed by atoms with E-state index < -0.39 is 0 Å². The lowest BCUT2D eigenvalue weighted by molar-refractivity contribution is -0.144. The van der Waals surface area contributed by atoms with Gasteiger partial charge < -0.3 is 15.8 Å². The first-order chi connectivity index (χ1) is 8.23. The summed E-state index contributed by atoms with van der Waals surface area (Å²) >= 11 is 0. The van der Waals surface area contributed by atoms with Gasteiger partial charge >= 0.3 is 0 Å². The molecule has 0 saturated heterocycles. The molecule has 0 aliphatic heterocycles. The largest absolute Gasteiger partial charge is 0.378 e. The third-order valence-electron chi connectivity index (χ3n) is 4.39. The van der Waals surface area contributed by atoms with Gasteiger partial charge in [-0.15, -0.1) is 0 Å². The van der Waals surface area contributed by atoms with Crippen LogP contribution < -0.4 is 11.1 Å². The van der Waals surface area contributed by atoms with Gasteiger partial charge in [-0.3, -0.25) is 4.79 Å². The molecule has 2 saturated carbocycles. The van der Waals surface area contributed by atoms with Crippen LogP contribution in [0.3, 0.4) is 0 Å². The van der Waals surface area contributed by atoms with Crippen molar-refractivity contribution in [3.63, 3.8) is 0 Å². The number of carbonyl (C=O) groups excluding carboxylic acids is 1. The first-order valence-corrected chi connectivity index (χ1v) is 6.84. The average molecular weight is 240 g/mol. The number of ether oxygens (including phenoxy) is 1. The monoisotopic (exact) mass is 240 g/mol. The molecule has 0 radical (unpaired) electrons. The molecule has 0 bridgehead atoms. The zero-order valence-corrected chi connectivity index (χ0v) is 10.7. The van der Waals surface area contributed by atoms with Crippen molar-refractivity contribution < 1.29 is 9.53 Å². The topological polar surface area (TPSA) is 64.3 Å². The molecule has 2 atom stereocenters. The van der Waals surface area contributed by atoms with E-state index in [1.165, 1.54) is 25.7 Å². The highest BCUT2D eigenvalue weighted by atomic mass is 16.5. The molecule has 3 N–H and O–H groups in total. The molecular formula is C13H24N2O2. The first kappa shape index (κ1) is 12.8. The summed E-state index contributed by atoms with van der Waals surface area (Å²) in [6, 6.07) is 0.320. The first-order valence-electron chi connectivity index (χ1n) is 6.84. The van der Waals surface area contributed by atoms with Gasteiger partial charge in [0.2, 0.25) is 5.91 Å². The van der Waals surface area contributed by atoms with Gasteiger partial charge in [-0.25, -0.2) is 0 Å². The molecule has 2 aliphatic carbocycles. The molecular weight excluding hydrogens is 216 g/mol.